The Balaban J connectivity index is 1.56. The van der Waals surface area contributed by atoms with Gasteiger partial charge in [-0.05, 0) is 37.3 Å². The second-order valence-corrected chi connectivity index (χ2v) is 6.18. The number of benzene rings is 1. The molecule has 0 atom stereocenters. The van der Waals surface area contributed by atoms with Crippen LogP contribution in [0.5, 0.6) is 0 Å². The minimum Gasteiger partial charge on any atom is -0.338 e. The summed E-state index contributed by atoms with van der Waals surface area (Å²) < 4.78 is 14.4. The van der Waals surface area contributed by atoms with Crippen LogP contribution in [-0.2, 0) is 17.9 Å². The van der Waals surface area contributed by atoms with E-state index >= 15 is 0 Å². The van der Waals surface area contributed by atoms with Crippen molar-refractivity contribution in [3.8, 4) is 0 Å². The third-order valence-corrected chi connectivity index (χ3v) is 3.88. The average molecular weight is 370 g/mol. The predicted molar refractivity (Wildman–Crippen MR) is 96.4 cm³/mol. The van der Waals surface area contributed by atoms with Crippen LogP contribution in [0.25, 0.3) is 0 Å². The lowest BCUT2D eigenvalue weighted by molar-refractivity contribution is -0.131. The van der Waals surface area contributed by atoms with Gasteiger partial charge in [-0.15, -0.1) is 0 Å². The molecule has 3 rings (SSSR count). The Morgan fingerprint density at radius 1 is 1.30 bits per heavy atom. The van der Waals surface area contributed by atoms with Crippen molar-refractivity contribution in [2.45, 2.75) is 20.0 Å². The molecule has 2 N–H and O–H groups in total. The maximum absolute atomic E-state index is 12.9. The number of carbonyl (C=O) groups is 2. The lowest BCUT2D eigenvalue weighted by Crippen LogP contribution is -2.30. The number of nitrogens with one attached hydrogen (secondary N) is 2. The van der Waals surface area contributed by atoms with Crippen LogP contribution in [0.3, 0.4) is 0 Å². The maximum Gasteiger partial charge on any atom is 0.255 e. The summed E-state index contributed by atoms with van der Waals surface area (Å²) in [4.78, 5) is 26.0. The highest BCUT2D eigenvalue weighted by Gasteiger charge is 2.13. The molecule has 0 aliphatic heterocycles. The van der Waals surface area contributed by atoms with E-state index in [4.69, 9.17) is 0 Å². The third kappa shape index (κ3) is 4.78. The van der Waals surface area contributed by atoms with Crippen molar-refractivity contribution in [1.29, 1.82) is 0 Å². The topological polar surface area (TPSA) is 95.9 Å². The molecule has 0 unspecified atom stereocenters. The Hall–Kier alpha value is -3.49. The number of aryl methyl sites for hydroxylation is 1. The van der Waals surface area contributed by atoms with E-state index < -0.39 is 5.82 Å². The zero-order valence-corrected chi connectivity index (χ0v) is 14.9. The first kappa shape index (κ1) is 18.3. The van der Waals surface area contributed by atoms with Crippen LogP contribution in [0.2, 0.25) is 0 Å². The van der Waals surface area contributed by atoms with Gasteiger partial charge in [0.2, 0.25) is 5.91 Å². The van der Waals surface area contributed by atoms with Crippen LogP contribution in [-0.4, -0.2) is 43.7 Å². The summed E-state index contributed by atoms with van der Waals surface area (Å²) in [6, 6.07) is 7.09. The monoisotopic (exact) mass is 370 g/mol. The number of aromatic nitrogens is 4. The van der Waals surface area contributed by atoms with Crippen molar-refractivity contribution < 1.29 is 14.0 Å². The molecule has 27 heavy (non-hydrogen) atoms. The number of hydrogen-bond acceptors (Lipinski definition) is 4. The van der Waals surface area contributed by atoms with E-state index in [0.29, 0.717) is 17.8 Å². The molecule has 0 aliphatic rings. The first-order chi connectivity index (χ1) is 12.9. The number of aromatic amines is 1. The van der Waals surface area contributed by atoms with Gasteiger partial charge in [0.15, 0.2) is 0 Å². The van der Waals surface area contributed by atoms with Crippen LogP contribution < -0.4 is 5.32 Å². The van der Waals surface area contributed by atoms with Crippen LogP contribution >= 0.6 is 0 Å². The van der Waals surface area contributed by atoms with Crippen molar-refractivity contribution in [3.05, 3.63) is 65.5 Å². The number of amides is 2. The Kier molecular flexibility index (Phi) is 5.30. The number of H-pyrrole nitrogens is 1. The molecular weight excluding hydrogens is 351 g/mol. The van der Waals surface area contributed by atoms with E-state index in [9.17, 15) is 14.0 Å². The Labute approximate surface area is 155 Å². The molecule has 0 bridgehead atoms. The molecule has 0 saturated carbocycles. The fourth-order valence-corrected chi connectivity index (χ4v) is 2.47. The molecule has 0 fully saturated rings. The lowest BCUT2D eigenvalue weighted by atomic mass is 10.2. The van der Waals surface area contributed by atoms with E-state index in [-0.39, 0.29) is 18.4 Å². The third-order valence-electron chi connectivity index (χ3n) is 3.88. The van der Waals surface area contributed by atoms with Gasteiger partial charge in [0.25, 0.3) is 5.91 Å². The van der Waals surface area contributed by atoms with E-state index in [2.05, 4.69) is 20.6 Å². The molecule has 8 nitrogen and oxygen atoms in total. The number of anilines is 1. The van der Waals surface area contributed by atoms with Crippen molar-refractivity contribution in [3.63, 3.8) is 0 Å². The summed E-state index contributed by atoms with van der Waals surface area (Å²) in [5.74, 6) is -0.936. The molecular formula is C18H19FN6O2. The Morgan fingerprint density at radius 2 is 2.04 bits per heavy atom. The Bertz CT molecular complexity index is 947. The van der Waals surface area contributed by atoms with Gasteiger partial charge in [-0.3, -0.25) is 19.4 Å². The number of carbonyl (C=O) groups excluding carboxylic acids is 2. The van der Waals surface area contributed by atoms with E-state index in [1.54, 1.807) is 18.1 Å². The van der Waals surface area contributed by atoms with E-state index in [0.717, 1.165) is 11.4 Å². The summed E-state index contributed by atoms with van der Waals surface area (Å²) in [6.07, 6.45) is 3.01. The molecule has 9 heteroatoms. The molecule has 0 spiro atoms. The highest BCUT2D eigenvalue weighted by Crippen LogP contribution is 2.10. The summed E-state index contributed by atoms with van der Waals surface area (Å²) >= 11 is 0. The molecule has 2 heterocycles. The number of nitrogens with zero attached hydrogens (tertiary/aromatic N) is 4. The average Bonchev–Trinajstić information content (AvgIpc) is 3.24. The number of hydrogen-bond donors (Lipinski definition) is 2. The molecule has 2 amide bonds. The first-order valence-corrected chi connectivity index (χ1v) is 8.25. The number of rotatable bonds is 6. The van der Waals surface area contributed by atoms with Gasteiger partial charge in [-0.25, -0.2) is 4.39 Å². The summed E-state index contributed by atoms with van der Waals surface area (Å²) in [7, 11) is 1.69. The van der Waals surface area contributed by atoms with Crippen LogP contribution in [0.1, 0.15) is 21.7 Å². The number of halogens is 1. The standard InChI is InChI=1S/C18H19FN6O2/c1-12-7-15(23-22-12)9-24(2)17(26)11-25-10-16(8-20-25)21-18(27)13-3-5-14(19)6-4-13/h3-8,10H,9,11H2,1-2H3,(H,21,27)(H,22,23). The molecule has 140 valence electrons. The minimum absolute atomic E-state index is 0.0341. The first-order valence-electron chi connectivity index (χ1n) is 8.25. The highest BCUT2D eigenvalue weighted by molar-refractivity contribution is 6.04. The van der Waals surface area contributed by atoms with Crippen LogP contribution in [0.4, 0.5) is 10.1 Å². The van der Waals surface area contributed by atoms with Gasteiger partial charge in [0, 0.05) is 24.5 Å². The van der Waals surface area contributed by atoms with E-state index in [1.807, 2.05) is 13.0 Å². The fourth-order valence-electron chi connectivity index (χ4n) is 2.47. The summed E-state index contributed by atoms with van der Waals surface area (Å²) in [5.41, 5.74) is 2.48. The van der Waals surface area contributed by atoms with Gasteiger partial charge in [0.1, 0.15) is 12.4 Å². The second-order valence-electron chi connectivity index (χ2n) is 6.18. The quantitative estimate of drug-likeness (QED) is 0.693. The minimum atomic E-state index is -0.410. The molecule has 3 aromatic rings. The van der Waals surface area contributed by atoms with Gasteiger partial charge in [-0.1, -0.05) is 0 Å². The number of likely N-dealkylation sites (N-methyl/N-ethyl adjacent to an activating group) is 1. The molecule has 0 radical (unpaired) electrons. The molecule has 0 saturated heterocycles. The molecule has 0 aliphatic carbocycles. The van der Waals surface area contributed by atoms with Gasteiger partial charge < -0.3 is 10.2 Å². The summed E-state index contributed by atoms with van der Waals surface area (Å²) in [5, 5.41) is 13.7. The Morgan fingerprint density at radius 3 is 2.70 bits per heavy atom. The van der Waals surface area contributed by atoms with E-state index in [1.165, 1.54) is 35.1 Å². The normalized spacial score (nSPS) is 10.6. The molecule has 2 aromatic heterocycles. The van der Waals surface area contributed by atoms with Gasteiger partial charge >= 0.3 is 0 Å². The van der Waals surface area contributed by atoms with Crippen LogP contribution in [0, 0.1) is 12.7 Å². The van der Waals surface area contributed by atoms with Gasteiger partial charge in [-0.2, -0.15) is 10.2 Å². The lowest BCUT2D eigenvalue weighted by Gasteiger charge is -2.15. The predicted octanol–water partition coefficient (Wildman–Crippen LogP) is 1.96. The molecule has 1 aromatic carbocycles. The summed E-state index contributed by atoms with van der Waals surface area (Å²) in [6.45, 7) is 2.31. The fraction of sp³-hybridized carbons (Fsp3) is 0.222. The second kappa shape index (κ2) is 7.81. The van der Waals surface area contributed by atoms with Gasteiger partial charge in [0.05, 0.1) is 24.1 Å². The SMILES string of the molecule is Cc1cc(CN(C)C(=O)Cn2cc(NC(=O)c3ccc(F)cc3)cn2)n[nH]1. The van der Waals surface area contributed by atoms with Crippen molar-refractivity contribution in [2.75, 3.05) is 12.4 Å². The van der Waals surface area contributed by atoms with Crippen molar-refractivity contribution in [2.24, 2.45) is 0 Å². The van der Waals surface area contributed by atoms with Crippen molar-refractivity contribution >= 4 is 17.5 Å². The highest BCUT2D eigenvalue weighted by atomic mass is 19.1. The smallest absolute Gasteiger partial charge is 0.255 e. The van der Waals surface area contributed by atoms with Crippen LogP contribution in [0.15, 0.2) is 42.7 Å². The largest absolute Gasteiger partial charge is 0.338 e. The maximum atomic E-state index is 12.9. The zero-order valence-electron chi connectivity index (χ0n) is 14.9. The zero-order chi connectivity index (χ0) is 19.4. The van der Waals surface area contributed by atoms with Crippen molar-refractivity contribution in [1.82, 2.24) is 24.9 Å².